The van der Waals surface area contributed by atoms with Crippen LogP contribution < -0.4 is 22.5 Å². The van der Waals surface area contributed by atoms with Gasteiger partial charge in [-0.15, -0.1) is 11.3 Å². The molecule has 3 aromatic rings. The lowest BCUT2D eigenvalue weighted by molar-refractivity contribution is -0.124. The minimum Gasteiger partial charge on any atom is -0.370 e. The van der Waals surface area contributed by atoms with Gasteiger partial charge in [-0.1, -0.05) is 12.5 Å². The van der Waals surface area contributed by atoms with Crippen LogP contribution in [0.5, 0.6) is 0 Å². The number of aliphatic imine (C=N–C) groups is 1. The van der Waals surface area contributed by atoms with Crippen LogP contribution in [0.15, 0.2) is 41.0 Å². The van der Waals surface area contributed by atoms with Crippen molar-refractivity contribution >= 4 is 40.5 Å². The Morgan fingerprint density at radius 3 is 2.76 bits per heavy atom. The number of hydrogen-bond acceptors (Lipinski definition) is 8. The van der Waals surface area contributed by atoms with Crippen molar-refractivity contribution in [3.05, 3.63) is 52.4 Å². The fourth-order valence-electron chi connectivity index (χ4n) is 4.65. The third-order valence-electron chi connectivity index (χ3n) is 6.57. The summed E-state index contributed by atoms with van der Waals surface area (Å²) in [5.41, 5.74) is 18.2. The quantitative estimate of drug-likeness (QED) is 0.121. The van der Waals surface area contributed by atoms with Crippen molar-refractivity contribution in [2.24, 2.45) is 28.1 Å². The highest BCUT2D eigenvalue weighted by atomic mass is 32.1. The molecule has 0 unspecified atom stereocenters. The molecular weight excluding hydrogens is 506 g/mol. The summed E-state index contributed by atoms with van der Waals surface area (Å²) in [5.74, 6) is -1.09. The lowest BCUT2D eigenvalue weighted by atomic mass is 9.94. The first-order chi connectivity index (χ1) is 18.3. The van der Waals surface area contributed by atoms with Crippen LogP contribution >= 0.6 is 11.3 Å². The third-order valence-corrected chi connectivity index (χ3v) is 7.52. The van der Waals surface area contributed by atoms with Crippen LogP contribution in [-0.4, -0.2) is 69.0 Å². The normalized spacial score (nSPS) is 17.9. The highest BCUT2D eigenvalue weighted by molar-refractivity contribution is 7.09. The summed E-state index contributed by atoms with van der Waals surface area (Å²) >= 11 is 1.32. The molecule has 0 radical (unpaired) electrons. The van der Waals surface area contributed by atoms with E-state index < -0.39 is 5.92 Å². The van der Waals surface area contributed by atoms with Gasteiger partial charge in [0.1, 0.15) is 22.0 Å². The second kappa shape index (κ2) is 12.1. The zero-order chi connectivity index (χ0) is 27.2. The number of hydrogen-bond donors (Lipinski definition) is 4. The number of nitrogens with zero attached hydrogens (tertiary/aromatic N) is 5. The highest BCUT2D eigenvalue weighted by Crippen LogP contribution is 2.35. The van der Waals surface area contributed by atoms with Crippen LogP contribution in [0.1, 0.15) is 64.1 Å². The fourth-order valence-corrected chi connectivity index (χ4v) is 5.60. The minimum atomic E-state index is -0.482. The van der Waals surface area contributed by atoms with Crippen LogP contribution in [0.3, 0.4) is 0 Å². The molecule has 3 atom stereocenters. The molecule has 3 aromatic heterocycles. The molecule has 7 N–H and O–H groups in total. The second-order valence-corrected chi connectivity index (χ2v) is 10.3. The van der Waals surface area contributed by atoms with Crippen molar-refractivity contribution in [2.75, 3.05) is 20.1 Å². The maximum Gasteiger partial charge on any atom is 0.274 e. The number of carbonyl (C=O) groups is 3. The standard InChI is InChI=1S/C25H33N9O3S/c1-29-22(36)15(6-2-4-8-30-25(27)28)10-20(35)18-14-38-23(32-18)19-11-16(26)12-34(19)24(37)17-13-33-9-5-3-7-21(33)31-17/h3,5,7,9,13-16,19H,2,4,6,8,10-12,26H2,1H3,(H,29,36)(H4,27,28,30)/t15-,16-,19+/m1/s1. The number of fused-ring (bicyclic) bond motifs is 1. The van der Waals surface area contributed by atoms with Crippen LogP contribution in [-0.2, 0) is 4.79 Å². The molecule has 1 aliphatic heterocycles. The number of nitrogens with two attached hydrogens (primary N) is 3. The number of carbonyl (C=O) groups excluding carboxylic acids is 3. The molecule has 1 saturated heterocycles. The number of guanidine groups is 1. The Bertz CT molecular complexity index is 1300. The van der Waals surface area contributed by atoms with Gasteiger partial charge in [0.15, 0.2) is 11.7 Å². The summed E-state index contributed by atoms with van der Waals surface area (Å²) in [6, 6.07) is 5.01. The first-order valence-corrected chi connectivity index (χ1v) is 13.4. The Labute approximate surface area is 224 Å². The van der Waals surface area contributed by atoms with Crippen molar-refractivity contribution < 1.29 is 14.4 Å². The van der Waals surface area contributed by atoms with Gasteiger partial charge >= 0.3 is 0 Å². The van der Waals surface area contributed by atoms with E-state index in [1.54, 1.807) is 27.9 Å². The maximum absolute atomic E-state index is 13.4. The molecule has 0 aliphatic carbocycles. The lowest BCUT2D eigenvalue weighted by Gasteiger charge is -2.21. The summed E-state index contributed by atoms with van der Waals surface area (Å²) < 4.78 is 1.79. The number of nitrogens with one attached hydrogen (secondary N) is 1. The van der Waals surface area contributed by atoms with Crippen molar-refractivity contribution in [1.29, 1.82) is 0 Å². The van der Waals surface area contributed by atoms with E-state index in [1.807, 2.05) is 24.4 Å². The number of Topliss-reactive ketones (excluding diaryl/α,β-unsaturated/α-hetero) is 1. The molecule has 0 bridgehead atoms. The molecule has 0 saturated carbocycles. The summed E-state index contributed by atoms with van der Waals surface area (Å²) in [7, 11) is 1.55. The monoisotopic (exact) mass is 539 g/mol. The van der Waals surface area contributed by atoms with E-state index in [0.717, 1.165) is 0 Å². The Hall–Kier alpha value is -3.84. The smallest absolute Gasteiger partial charge is 0.274 e. The number of ketones is 1. The van der Waals surface area contributed by atoms with E-state index in [1.165, 1.54) is 11.3 Å². The highest BCUT2D eigenvalue weighted by Gasteiger charge is 2.38. The summed E-state index contributed by atoms with van der Waals surface area (Å²) in [6.07, 6.45) is 6.05. The van der Waals surface area contributed by atoms with Gasteiger partial charge in [-0.2, -0.15) is 0 Å². The Morgan fingerprint density at radius 2 is 2.03 bits per heavy atom. The Balaban J connectivity index is 1.43. The molecule has 0 spiro atoms. The van der Waals surface area contributed by atoms with E-state index in [4.69, 9.17) is 17.2 Å². The Kier molecular flexibility index (Phi) is 8.69. The molecule has 38 heavy (non-hydrogen) atoms. The van der Waals surface area contributed by atoms with Crippen molar-refractivity contribution in [2.45, 2.75) is 44.2 Å². The molecule has 0 aromatic carbocycles. The van der Waals surface area contributed by atoms with Gasteiger partial charge in [0.25, 0.3) is 5.91 Å². The topological polar surface area (TPSA) is 187 Å². The van der Waals surface area contributed by atoms with Gasteiger partial charge in [0.2, 0.25) is 5.91 Å². The van der Waals surface area contributed by atoms with E-state index in [2.05, 4.69) is 20.3 Å². The first kappa shape index (κ1) is 27.2. The van der Waals surface area contributed by atoms with Gasteiger partial charge < -0.3 is 31.8 Å². The van der Waals surface area contributed by atoms with E-state index in [0.29, 0.717) is 60.8 Å². The molecule has 12 nitrogen and oxygen atoms in total. The lowest BCUT2D eigenvalue weighted by Crippen LogP contribution is -2.33. The first-order valence-electron chi connectivity index (χ1n) is 12.5. The average Bonchev–Trinajstić information content (AvgIpc) is 3.64. The van der Waals surface area contributed by atoms with Crippen molar-refractivity contribution in [3.8, 4) is 0 Å². The van der Waals surface area contributed by atoms with Crippen molar-refractivity contribution in [1.82, 2.24) is 24.6 Å². The third kappa shape index (κ3) is 6.34. The predicted octanol–water partition coefficient (Wildman–Crippen LogP) is 1.08. The molecule has 4 rings (SSSR count). The van der Waals surface area contributed by atoms with Crippen LogP contribution in [0.2, 0.25) is 0 Å². The number of amides is 2. The number of aromatic nitrogens is 3. The molecular formula is C25H33N9O3S. The van der Waals surface area contributed by atoms with E-state index >= 15 is 0 Å². The molecule has 1 fully saturated rings. The number of rotatable bonds is 11. The van der Waals surface area contributed by atoms with E-state index in [-0.39, 0.29) is 42.1 Å². The van der Waals surface area contributed by atoms with Gasteiger partial charge in [-0.25, -0.2) is 9.97 Å². The zero-order valence-corrected chi connectivity index (χ0v) is 22.1. The number of imidazole rings is 1. The average molecular weight is 540 g/mol. The molecule has 1 aliphatic rings. The molecule has 13 heteroatoms. The number of pyridine rings is 1. The number of thiazole rings is 1. The Morgan fingerprint density at radius 1 is 1.21 bits per heavy atom. The summed E-state index contributed by atoms with van der Waals surface area (Å²) in [6.45, 7) is 0.846. The molecule has 4 heterocycles. The molecule has 202 valence electrons. The van der Waals surface area contributed by atoms with Crippen LogP contribution in [0, 0.1) is 5.92 Å². The zero-order valence-electron chi connectivity index (χ0n) is 21.2. The minimum absolute atomic E-state index is 0.0317. The fraction of sp³-hybridized carbons (Fsp3) is 0.440. The van der Waals surface area contributed by atoms with Gasteiger partial charge in [-0.3, -0.25) is 19.4 Å². The molecule has 2 amide bonds. The van der Waals surface area contributed by atoms with Gasteiger partial charge in [-0.05, 0) is 31.4 Å². The van der Waals surface area contributed by atoms with Gasteiger partial charge in [0, 0.05) is 56.3 Å². The number of likely N-dealkylation sites (tertiary alicyclic amines) is 1. The van der Waals surface area contributed by atoms with Crippen molar-refractivity contribution in [3.63, 3.8) is 0 Å². The number of unbranched alkanes of at least 4 members (excludes halogenated alkanes) is 1. The second-order valence-electron chi connectivity index (χ2n) is 9.37. The SMILES string of the molecule is CNC(=O)[C@H](CCCCN=C(N)N)CC(=O)c1csc([C@@H]2C[C@@H](N)CN2C(=O)c2cn3ccccc3n2)n1. The largest absolute Gasteiger partial charge is 0.370 e. The predicted molar refractivity (Wildman–Crippen MR) is 145 cm³/mol. The van der Waals surface area contributed by atoms with Crippen LogP contribution in [0.4, 0.5) is 0 Å². The summed E-state index contributed by atoms with van der Waals surface area (Å²) in [5, 5.41) is 4.97. The van der Waals surface area contributed by atoms with Crippen LogP contribution in [0.25, 0.3) is 5.65 Å². The van der Waals surface area contributed by atoms with E-state index in [9.17, 15) is 14.4 Å². The summed E-state index contributed by atoms with van der Waals surface area (Å²) in [4.78, 5) is 53.5. The maximum atomic E-state index is 13.4. The van der Waals surface area contributed by atoms with Gasteiger partial charge in [0.05, 0.1) is 6.04 Å².